The van der Waals surface area contributed by atoms with E-state index >= 15 is 0 Å². The first-order chi connectivity index (χ1) is 31.4. The SMILES string of the molecule is COc1ccc2c(c1)CC(c1nc(N(C)C)c3cc(-c4cn[nH]c4)ccc3n1)CO2.COc1ccc2c(c1)CC(c1nc(N3CCOCC3)c3ccc(-c4ccncc4)cc3n1)CO2. The molecule has 2 unspecified atom stereocenters. The van der Waals surface area contributed by atoms with E-state index in [1.807, 2.05) is 92.3 Å². The Kier molecular flexibility index (Phi) is 11.3. The third-order valence-corrected chi connectivity index (χ3v) is 12.0. The predicted octanol–water partition coefficient (Wildman–Crippen LogP) is 8.07. The number of aromatic nitrogens is 7. The lowest BCUT2D eigenvalue weighted by molar-refractivity contribution is 0.122. The molecule has 0 radical (unpaired) electrons. The van der Waals surface area contributed by atoms with E-state index in [2.05, 4.69) is 56.5 Å². The number of aromatic amines is 1. The van der Waals surface area contributed by atoms with E-state index in [9.17, 15) is 0 Å². The molecule has 0 amide bonds. The van der Waals surface area contributed by atoms with Crippen molar-refractivity contribution in [2.24, 2.45) is 0 Å². The highest BCUT2D eigenvalue weighted by Gasteiger charge is 2.28. The van der Waals surface area contributed by atoms with Crippen molar-refractivity contribution in [3.8, 4) is 45.3 Å². The summed E-state index contributed by atoms with van der Waals surface area (Å²) in [5, 5.41) is 8.99. The fraction of sp³-hybridized carbons (Fsp3) is 0.280. The molecule has 324 valence electrons. The fourth-order valence-corrected chi connectivity index (χ4v) is 8.62. The second-order valence-corrected chi connectivity index (χ2v) is 16.4. The van der Waals surface area contributed by atoms with Crippen molar-refractivity contribution >= 4 is 33.4 Å². The van der Waals surface area contributed by atoms with Crippen LogP contribution in [0.25, 0.3) is 44.1 Å². The van der Waals surface area contributed by atoms with Crippen molar-refractivity contribution in [3.63, 3.8) is 0 Å². The summed E-state index contributed by atoms with van der Waals surface area (Å²) in [4.78, 5) is 28.5. The largest absolute Gasteiger partial charge is 0.497 e. The molecule has 7 heterocycles. The van der Waals surface area contributed by atoms with Gasteiger partial charge in [0.2, 0.25) is 0 Å². The quantitative estimate of drug-likeness (QED) is 0.157. The summed E-state index contributed by atoms with van der Waals surface area (Å²) in [5.74, 6) is 7.12. The highest BCUT2D eigenvalue weighted by Crippen LogP contribution is 2.38. The number of rotatable bonds is 8. The van der Waals surface area contributed by atoms with Crippen molar-refractivity contribution in [2.75, 3.05) is 77.6 Å². The molecular formula is C50H49N9O5. The van der Waals surface area contributed by atoms with Gasteiger partial charge in [-0.2, -0.15) is 5.10 Å². The second-order valence-electron chi connectivity index (χ2n) is 16.4. The lowest BCUT2D eigenvalue weighted by atomic mass is 9.95. The zero-order valence-electron chi connectivity index (χ0n) is 36.3. The van der Waals surface area contributed by atoms with Crippen LogP contribution in [-0.4, -0.2) is 103 Å². The van der Waals surface area contributed by atoms with Gasteiger partial charge in [0.15, 0.2) is 0 Å². The van der Waals surface area contributed by atoms with E-state index in [-0.39, 0.29) is 11.8 Å². The minimum absolute atomic E-state index is 0.0633. The molecule has 8 aromatic rings. The van der Waals surface area contributed by atoms with Crippen molar-refractivity contribution in [2.45, 2.75) is 24.7 Å². The average molecular weight is 856 g/mol. The summed E-state index contributed by atoms with van der Waals surface area (Å²) >= 11 is 0. The molecule has 11 rings (SSSR count). The van der Waals surface area contributed by atoms with Gasteiger partial charge in [-0.25, -0.2) is 19.9 Å². The smallest absolute Gasteiger partial charge is 0.140 e. The van der Waals surface area contributed by atoms with Crippen LogP contribution in [0.2, 0.25) is 0 Å². The van der Waals surface area contributed by atoms with Crippen molar-refractivity contribution in [3.05, 3.63) is 132 Å². The zero-order chi connectivity index (χ0) is 43.6. The normalized spacial score (nSPS) is 16.7. The molecule has 4 aromatic heterocycles. The molecule has 1 saturated heterocycles. The van der Waals surface area contributed by atoms with Gasteiger partial charge in [-0.1, -0.05) is 12.1 Å². The van der Waals surface area contributed by atoms with Gasteiger partial charge in [0.1, 0.15) is 46.3 Å². The van der Waals surface area contributed by atoms with E-state index in [4.69, 9.17) is 43.6 Å². The van der Waals surface area contributed by atoms with Crippen LogP contribution >= 0.6 is 0 Å². The number of pyridine rings is 1. The van der Waals surface area contributed by atoms with Crippen LogP contribution in [0.15, 0.2) is 110 Å². The van der Waals surface area contributed by atoms with Crippen molar-refractivity contribution in [1.29, 1.82) is 0 Å². The lowest BCUT2D eigenvalue weighted by Crippen LogP contribution is -2.37. The third kappa shape index (κ3) is 8.31. The van der Waals surface area contributed by atoms with Crippen molar-refractivity contribution < 1.29 is 23.7 Å². The molecule has 4 aromatic carbocycles. The second kappa shape index (κ2) is 17.8. The fourth-order valence-electron chi connectivity index (χ4n) is 8.62. The number of hydrogen-bond donors (Lipinski definition) is 1. The number of nitrogens with one attached hydrogen (secondary N) is 1. The number of fused-ring (bicyclic) bond motifs is 4. The number of morpholine rings is 1. The average Bonchev–Trinajstić information content (AvgIpc) is 3.91. The molecule has 1 N–H and O–H groups in total. The zero-order valence-corrected chi connectivity index (χ0v) is 36.3. The maximum absolute atomic E-state index is 6.10. The van der Waals surface area contributed by atoms with Crippen LogP contribution in [0.5, 0.6) is 23.0 Å². The van der Waals surface area contributed by atoms with E-state index in [1.54, 1.807) is 14.2 Å². The molecular weight excluding hydrogens is 807 g/mol. The number of benzene rings is 4. The number of hydrogen-bond acceptors (Lipinski definition) is 13. The van der Waals surface area contributed by atoms with E-state index in [0.717, 1.165) is 127 Å². The van der Waals surface area contributed by atoms with E-state index < -0.39 is 0 Å². The highest BCUT2D eigenvalue weighted by atomic mass is 16.5. The number of ether oxygens (including phenoxy) is 5. The standard InChI is InChI=1S/C27H26N4O3.C23H23N5O2/c1-32-22-3-5-25-20(15-22)14-21(17-34-25)26-29-24-16-19(18-6-8-28-9-7-18)2-4-23(24)27(30-26)31-10-12-33-13-11-31;1-28(2)23-19-10-14(17-11-24-25-12-17)4-6-20(19)26-22(27-23)16-8-15-9-18(29-3)5-7-21(15)30-13-16/h2-9,15-16,21H,10-14,17H2,1H3;4-7,9-12,16H,8,13H2,1-3H3,(H,24,25). The summed E-state index contributed by atoms with van der Waals surface area (Å²) in [6, 6.07) is 28.6. The number of anilines is 2. The Balaban J connectivity index is 0.000000153. The van der Waals surface area contributed by atoms with Crippen LogP contribution in [0, 0.1) is 0 Å². The Bertz CT molecular complexity index is 2920. The van der Waals surface area contributed by atoms with Crippen LogP contribution in [0.3, 0.4) is 0 Å². The minimum Gasteiger partial charge on any atom is -0.497 e. The molecule has 1 fully saturated rings. The predicted molar refractivity (Wildman–Crippen MR) is 247 cm³/mol. The number of methoxy groups -OCH3 is 2. The number of nitrogens with zero attached hydrogens (tertiary/aromatic N) is 8. The minimum atomic E-state index is 0.0633. The Morgan fingerprint density at radius 3 is 1.92 bits per heavy atom. The van der Waals surface area contributed by atoms with E-state index in [0.29, 0.717) is 26.4 Å². The molecule has 14 nitrogen and oxygen atoms in total. The highest BCUT2D eigenvalue weighted by molar-refractivity contribution is 5.94. The molecule has 3 aliphatic heterocycles. The van der Waals surface area contributed by atoms with Crippen molar-refractivity contribution in [1.82, 2.24) is 35.1 Å². The topological polar surface area (TPSA) is 146 Å². The van der Waals surface area contributed by atoms with Gasteiger partial charge in [0, 0.05) is 62.1 Å². The summed E-state index contributed by atoms with van der Waals surface area (Å²) in [6.45, 7) is 4.16. The molecule has 14 heteroatoms. The van der Waals surface area contributed by atoms with E-state index in [1.165, 1.54) is 0 Å². The summed E-state index contributed by atoms with van der Waals surface area (Å²) in [5.41, 5.74) is 8.46. The van der Waals surface area contributed by atoms with Crippen LogP contribution in [-0.2, 0) is 17.6 Å². The first-order valence-electron chi connectivity index (χ1n) is 21.5. The molecule has 64 heavy (non-hydrogen) atoms. The third-order valence-electron chi connectivity index (χ3n) is 12.0. The Hall–Kier alpha value is -7.32. The molecule has 0 saturated carbocycles. The van der Waals surface area contributed by atoms with Gasteiger partial charge >= 0.3 is 0 Å². The molecule has 0 spiro atoms. The van der Waals surface area contributed by atoms with Gasteiger partial charge in [0.05, 0.1) is 69.7 Å². The van der Waals surface area contributed by atoms with Gasteiger partial charge in [-0.15, -0.1) is 0 Å². The van der Waals surface area contributed by atoms with Gasteiger partial charge < -0.3 is 33.5 Å². The van der Waals surface area contributed by atoms with Crippen LogP contribution < -0.4 is 28.7 Å². The van der Waals surface area contributed by atoms with Gasteiger partial charge in [-0.3, -0.25) is 10.1 Å². The molecule has 0 bridgehead atoms. The first kappa shape index (κ1) is 40.7. The van der Waals surface area contributed by atoms with Crippen LogP contribution in [0.4, 0.5) is 11.6 Å². The monoisotopic (exact) mass is 855 g/mol. The maximum atomic E-state index is 6.10. The molecule has 3 aliphatic rings. The Morgan fingerprint density at radius 1 is 0.641 bits per heavy atom. The van der Waals surface area contributed by atoms with Gasteiger partial charge in [0.25, 0.3) is 0 Å². The number of H-pyrrole nitrogens is 1. The summed E-state index contributed by atoms with van der Waals surface area (Å²) in [6.07, 6.45) is 8.96. The summed E-state index contributed by atoms with van der Waals surface area (Å²) < 4.78 is 28.5. The lowest BCUT2D eigenvalue weighted by Gasteiger charge is -2.30. The first-order valence-corrected chi connectivity index (χ1v) is 21.5. The maximum Gasteiger partial charge on any atom is 0.140 e. The molecule has 2 atom stereocenters. The van der Waals surface area contributed by atoms with Gasteiger partial charge in [-0.05, 0) is 113 Å². The summed E-state index contributed by atoms with van der Waals surface area (Å²) in [7, 11) is 7.38. The Morgan fingerprint density at radius 2 is 1.28 bits per heavy atom. The molecule has 0 aliphatic carbocycles. The Labute approximate surface area is 371 Å². The van der Waals surface area contributed by atoms with Crippen LogP contribution in [0.1, 0.15) is 34.6 Å².